The quantitative estimate of drug-likeness (QED) is 0.762. The third kappa shape index (κ3) is 3.91. The molecule has 2 aromatic heterocycles. The average molecular weight is 353 g/mol. The molecular weight excluding hydrogens is 330 g/mol. The van der Waals surface area contributed by atoms with Crippen LogP contribution in [0, 0.1) is 0 Å². The van der Waals surface area contributed by atoms with Crippen LogP contribution in [0.5, 0.6) is 0 Å². The molecule has 25 heavy (non-hydrogen) atoms. The summed E-state index contributed by atoms with van der Waals surface area (Å²) >= 11 is 1.73. The molecule has 3 aromatic rings. The van der Waals surface area contributed by atoms with E-state index < -0.39 is 0 Å². The molecule has 1 aliphatic rings. The smallest absolute Gasteiger partial charge is 0.184 e. The zero-order valence-corrected chi connectivity index (χ0v) is 15.2. The van der Waals surface area contributed by atoms with Gasteiger partial charge >= 0.3 is 0 Å². The molecule has 0 aliphatic carbocycles. The number of pyridine rings is 1. The normalized spacial score (nSPS) is 16.9. The van der Waals surface area contributed by atoms with Crippen LogP contribution in [0.25, 0.3) is 10.2 Å². The van der Waals surface area contributed by atoms with Crippen molar-refractivity contribution in [2.75, 3.05) is 42.9 Å². The Morgan fingerprint density at radius 3 is 2.64 bits per heavy atom. The molecule has 1 aromatic carbocycles. The number of nitrogens with one attached hydrogen (secondary N) is 1. The standard InChI is InChI=1S/C19H23N5S/c1-15(21-19-22-16-6-2-3-7-17(16)25-19)14-23-10-12-24(13-11-23)18-8-4-5-9-20-18/h2-9,15H,10-14H2,1H3,(H,21,22). The number of rotatable bonds is 5. The second-order valence-electron chi connectivity index (χ2n) is 6.51. The summed E-state index contributed by atoms with van der Waals surface area (Å²) < 4.78 is 1.24. The molecule has 4 rings (SSSR count). The molecule has 0 radical (unpaired) electrons. The zero-order valence-electron chi connectivity index (χ0n) is 14.4. The summed E-state index contributed by atoms with van der Waals surface area (Å²) in [6.45, 7) is 7.48. The van der Waals surface area contributed by atoms with Gasteiger partial charge in [-0.25, -0.2) is 9.97 Å². The number of para-hydroxylation sites is 1. The first-order valence-corrected chi connectivity index (χ1v) is 9.60. The number of benzene rings is 1. The highest BCUT2D eigenvalue weighted by atomic mass is 32.1. The Kier molecular flexibility index (Phi) is 4.81. The molecular formula is C19H23N5S. The minimum absolute atomic E-state index is 0.377. The van der Waals surface area contributed by atoms with Gasteiger partial charge in [0, 0.05) is 45.0 Å². The van der Waals surface area contributed by atoms with E-state index in [0.717, 1.165) is 49.2 Å². The van der Waals surface area contributed by atoms with Crippen LogP contribution in [0.15, 0.2) is 48.7 Å². The third-order valence-corrected chi connectivity index (χ3v) is 5.51. The molecule has 1 aliphatic heterocycles. The maximum absolute atomic E-state index is 4.67. The number of nitrogens with zero attached hydrogens (tertiary/aromatic N) is 4. The summed E-state index contributed by atoms with van der Waals surface area (Å²) in [7, 11) is 0. The van der Waals surface area contributed by atoms with Gasteiger partial charge in [0.15, 0.2) is 5.13 Å². The monoisotopic (exact) mass is 353 g/mol. The predicted octanol–water partition coefficient (Wildman–Crippen LogP) is 3.31. The maximum atomic E-state index is 4.67. The second kappa shape index (κ2) is 7.37. The van der Waals surface area contributed by atoms with Gasteiger partial charge in [-0.1, -0.05) is 29.5 Å². The molecule has 5 nitrogen and oxygen atoms in total. The number of thiazole rings is 1. The summed E-state index contributed by atoms with van der Waals surface area (Å²) in [5.41, 5.74) is 1.08. The van der Waals surface area contributed by atoms with Crippen molar-refractivity contribution in [2.24, 2.45) is 0 Å². The van der Waals surface area contributed by atoms with Gasteiger partial charge in [0.05, 0.1) is 10.2 Å². The molecule has 6 heteroatoms. The highest BCUT2D eigenvalue weighted by Gasteiger charge is 2.19. The molecule has 1 saturated heterocycles. The molecule has 0 amide bonds. The van der Waals surface area contributed by atoms with Crippen molar-refractivity contribution in [2.45, 2.75) is 13.0 Å². The van der Waals surface area contributed by atoms with Gasteiger partial charge in [-0.2, -0.15) is 0 Å². The molecule has 1 atom stereocenters. The van der Waals surface area contributed by atoms with E-state index in [2.05, 4.69) is 62.3 Å². The largest absolute Gasteiger partial charge is 0.358 e. The van der Waals surface area contributed by atoms with Crippen molar-refractivity contribution in [1.82, 2.24) is 14.9 Å². The lowest BCUT2D eigenvalue weighted by Gasteiger charge is -2.36. The van der Waals surface area contributed by atoms with Crippen LogP contribution in [0.1, 0.15) is 6.92 Å². The van der Waals surface area contributed by atoms with E-state index >= 15 is 0 Å². The fourth-order valence-electron chi connectivity index (χ4n) is 3.28. The third-order valence-electron chi connectivity index (χ3n) is 4.54. The Labute approximate surface area is 152 Å². The first kappa shape index (κ1) is 16.3. The Morgan fingerprint density at radius 2 is 1.88 bits per heavy atom. The van der Waals surface area contributed by atoms with Crippen molar-refractivity contribution in [3.8, 4) is 0 Å². The second-order valence-corrected chi connectivity index (χ2v) is 7.54. The Morgan fingerprint density at radius 1 is 1.08 bits per heavy atom. The molecule has 0 bridgehead atoms. The van der Waals surface area contributed by atoms with Crippen molar-refractivity contribution >= 4 is 32.5 Å². The van der Waals surface area contributed by atoms with E-state index in [-0.39, 0.29) is 0 Å². The molecule has 1 N–H and O–H groups in total. The highest BCUT2D eigenvalue weighted by molar-refractivity contribution is 7.22. The van der Waals surface area contributed by atoms with Gasteiger partial charge < -0.3 is 10.2 Å². The van der Waals surface area contributed by atoms with E-state index in [9.17, 15) is 0 Å². The summed E-state index contributed by atoms with van der Waals surface area (Å²) in [5, 5.41) is 4.58. The summed E-state index contributed by atoms with van der Waals surface area (Å²) in [5.74, 6) is 1.09. The number of piperazine rings is 1. The summed E-state index contributed by atoms with van der Waals surface area (Å²) in [6, 6.07) is 14.8. The lowest BCUT2D eigenvalue weighted by molar-refractivity contribution is 0.250. The minimum Gasteiger partial charge on any atom is -0.358 e. The van der Waals surface area contributed by atoms with Crippen molar-refractivity contribution in [3.05, 3.63) is 48.7 Å². The first-order chi connectivity index (χ1) is 12.3. The predicted molar refractivity (Wildman–Crippen MR) is 106 cm³/mol. The topological polar surface area (TPSA) is 44.3 Å². The SMILES string of the molecule is CC(CN1CCN(c2ccccn2)CC1)Nc1nc2ccccc2s1. The van der Waals surface area contributed by atoms with E-state index in [1.54, 1.807) is 11.3 Å². The van der Waals surface area contributed by atoms with Gasteiger partial charge in [0.2, 0.25) is 0 Å². The molecule has 0 saturated carbocycles. The van der Waals surface area contributed by atoms with Crippen molar-refractivity contribution in [1.29, 1.82) is 0 Å². The van der Waals surface area contributed by atoms with Crippen molar-refractivity contribution < 1.29 is 0 Å². The van der Waals surface area contributed by atoms with Crippen LogP contribution in [0.3, 0.4) is 0 Å². The van der Waals surface area contributed by atoms with E-state index in [1.165, 1.54) is 4.70 Å². The lowest BCUT2D eigenvalue weighted by Crippen LogP contribution is -2.49. The Hall–Kier alpha value is -2.18. The van der Waals surface area contributed by atoms with E-state index in [0.29, 0.717) is 6.04 Å². The molecule has 1 fully saturated rings. The minimum atomic E-state index is 0.377. The fourth-order valence-corrected chi connectivity index (χ4v) is 4.26. The highest BCUT2D eigenvalue weighted by Crippen LogP contribution is 2.26. The number of aromatic nitrogens is 2. The van der Waals surface area contributed by atoms with Gasteiger partial charge in [-0.05, 0) is 31.2 Å². The van der Waals surface area contributed by atoms with Crippen LogP contribution in [-0.2, 0) is 0 Å². The molecule has 3 heterocycles. The van der Waals surface area contributed by atoms with Gasteiger partial charge in [0.1, 0.15) is 5.82 Å². The van der Waals surface area contributed by atoms with Crippen molar-refractivity contribution in [3.63, 3.8) is 0 Å². The zero-order chi connectivity index (χ0) is 17.1. The van der Waals surface area contributed by atoms with Gasteiger partial charge in [-0.15, -0.1) is 0 Å². The lowest BCUT2D eigenvalue weighted by atomic mass is 10.2. The molecule has 1 unspecified atom stereocenters. The molecule has 0 spiro atoms. The Bertz CT molecular complexity index is 778. The Balaban J connectivity index is 1.29. The van der Waals surface area contributed by atoms with Crippen LogP contribution < -0.4 is 10.2 Å². The number of fused-ring (bicyclic) bond motifs is 1. The summed E-state index contributed by atoms with van der Waals surface area (Å²) in [6.07, 6.45) is 1.87. The van der Waals surface area contributed by atoms with Gasteiger partial charge in [-0.3, -0.25) is 4.90 Å². The van der Waals surface area contributed by atoms with Crippen LogP contribution in [-0.4, -0.2) is 53.6 Å². The van der Waals surface area contributed by atoms with E-state index in [4.69, 9.17) is 0 Å². The number of hydrogen-bond donors (Lipinski definition) is 1. The van der Waals surface area contributed by atoms with Gasteiger partial charge in [0.25, 0.3) is 0 Å². The number of anilines is 2. The summed E-state index contributed by atoms with van der Waals surface area (Å²) in [4.78, 5) is 14.0. The molecule has 130 valence electrons. The maximum Gasteiger partial charge on any atom is 0.184 e. The number of hydrogen-bond acceptors (Lipinski definition) is 6. The average Bonchev–Trinajstić information content (AvgIpc) is 3.05. The van der Waals surface area contributed by atoms with Crippen LogP contribution in [0.2, 0.25) is 0 Å². The van der Waals surface area contributed by atoms with Crippen LogP contribution >= 0.6 is 11.3 Å². The van der Waals surface area contributed by atoms with Crippen LogP contribution in [0.4, 0.5) is 10.9 Å². The van der Waals surface area contributed by atoms with E-state index in [1.807, 2.05) is 18.3 Å². The fraction of sp³-hybridized carbons (Fsp3) is 0.368. The first-order valence-electron chi connectivity index (χ1n) is 8.78.